The Morgan fingerprint density at radius 1 is 1.16 bits per heavy atom. The second-order valence-electron chi connectivity index (χ2n) is 7.64. The van der Waals surface area contributed by atoms with Gasteiger partial charge >= 0.3 is 0 Å². The second kappa shape index (κ2) is 7.56. The Balaban J connectivity index is 1.50. The molecule has 1 aromatic carbocycles. The summed E-state index contributed by atoms with van der Waals surface area (Å²) in [6.45, 7) is 1.93. The molecule has 2 amide bonds. The molecule has 2 aliphatic carbocycles. The largest absolute Gasteiger partial charge is 0.389 e. The van der Waals surface area contributed by atoms with Crippen molar-refractivity contribution in [1.29, 1.82) is 0 Å². The van der Waals surface area contributed by atoms with Crippen molar-refractivity contribution in [1.82, 2.24) is 5.32 Å². The molecule has 1 atom stereocenters. The summed E-state index contributed by atoms with van der Waals surface area (Å²) >= 11 is 0. The Hall–Kier alpha value is -1.88. The lowest BCUT2D eigenvalue weighted by molar-refractivity contribution is -0.128. The molecule has 25 heavy (non-hydrogen) atoms. The normalized spacial score (nSPS) is 20.6. The van der Waals surface area contributed by atoms with Crippen LogP contribution in [0.25, 0.3) is 0 Å². The molecule has 2 fully saturated rings. The highest BCUT2D eigenvalue weighted by Crippen LogP contribution is 2.31. The minimum absolute atomic E-state index is 0.0924. The molecule has 0 radical (unpaired) electrons. The Morgan fingerprint density at radius 3 is 2.40 bits per heavy atom. The van der Waals surface area contributed by atoms with Crippen LogP contribution in [0, 0.1) is 5.92 Å². The predicted molar refractivity (Wildman–Crippen MR) is 97.0 cm³/mol. The number of nitrogens with one attached hydrogen (secondary N) is 2. The van der Waals surface area contributed by atoms with Crippen molar-refractivity contribution >= 4 is 17.5 Å². The smallest absolute Gasteiger partial charge is 0.227 e. The molecule has 3 N–H and O–H groups in total. The molecule has 0 aliphatic heterocycles. The Bertz CT molecular complexity index is 616. The summed E-state index contributed by atoms with van der Waals surface area (Å²) in [6, 6.07) is 7.44. The lowest BCUT2D eigenvalue weighted by atomic mass is 9.82. The third-order valence-electron chi connectivity index (χ3n) is 5.28. The molecule has 5 nitrogen and oxygen atoms in total. The van der Waals surface area contributed by atoms with Crippen LogP contribution in [-0.4, -0.2) is 22.5 Å². The maximum Gasteiger partial charge on any atom is 0.227 e. The van der Waals surface area contributed by atoms with Gasteiger partial charge in [0, 0.05) is 11.6 Å². The zero-order valence-corrected chi connectivity index (χ0v) is 14.9. The van der Waals surface area contributed by atoms with Gasteiger partial charge in [-0.05, 0) is 50.3 Å². The van der Waals surface area contributed by atoms with Gasteiger partial charge in [-0.1, -0.05) is 31.4 Å². The highest BCUT2D eigenvalue weighted by Gasteiger charge is 2.32. The molecule has 3 rings (SSSR count). The number of amides is 2. The van der Waals surface area contributed by atoms with E-state index in [1.807, 2.05) is 31.2 Å². The first-order chi connectivity index (χ1) is 12.0. The van der Waals surface area contributed by atoms with Crippen molar-refractivity contribution in [2.75, 3.05) is 5.32 Å². The van der Waals surface area contributed by atoms with E-state index >= 15 is 0 Å². The van der Waals surface area contributed by atoms with Gasteiger partial charge < -0.3 is 15.7 Å². The van der Waals surface area contributed by atoms with E-state index in [1.54, 1.807) is 0 Å². The van der Waals surface area contributed by atoms with E-state index in [0.29, 0.717) is 12.8 Å². The molecule has 1 unspecified atom stereocenters. The van der Waals surface area contributed by atoms with Crippen molar-refractivity contribution < 1.29 is 14.7 Å². The van der Waals surface area contributed by atoms with Crippen LogP contribution in [0.15, 0.2) is 24.3 Å². The molecule has 136 valence electrons. The average Bonchev–Trinajstić information content (AvgIpc) is 3.40. The molecule has 0 saturated heterocycles. The van der Waals surface area contributed by atoms with Crippen LogP contribution in [0.1, 0.15) is 69.9 Å². The van der Waals surface area contributed by atoms with E-state index < -0.39 is 5.60 Å². The van der Waals surface area contributed by atoms with Crippen LogP contribution in [0.4, 0.5) is 5.69 Å². The SMILES string of the molecule is CC(NC(=O)CC1(O)CCCCC1)c1ccc(NC(=O)C2CC2)cc1. The fourth-order valence-corrected chi connectivity index (χ4v) is 3.51. The molecule has 5 heteroatoms. The molecule has 0 heterocycles. The van der Waals surface area contributed by atoms with Gasteiger partial charge in [0.05, 0.1) is 18.1 Å². The van der Waals surface area contributed by atoms with Gasteiger partial charge in [0.2, 0.25) is 11.8 Å². The summed E-state index contributed by atoms with van der Waals surface area (Å²) < 4.78 is 0. The highest BCUT2D eigenvalue weighted by atomic mass is 16.3. The van der Waals surface area contributed by atoms with Gasteiger partial charge in [0.25, 0.3) is 0 Å². The molecular weight excluding hydrogens is 316 g/mol. The third kappa shape index (κ3) is 5.05. The number of benzene rings is 1. The predicted octanol–water partition coefficient (Wildman–Crippen LogP) is 3.30. The number of hydrogen-bond donors (Lipinski definition) is 3. The van der Waals surface area contributed by atoms with E-state index in [-0.39, 0.29) is 30.2 Å². The summed E-state index contributed by atoms with van der Waals surface area (Å²) in [5.74, 6) is 0.168. The summed E-state index contributed by atoms with van der Waals surface area (Å²) in [4.78, 5) is 24.0. The summed E-state index contributed by atoms with van der Waals surface area (Å²) in [6.07, 6.45) is 6.70. The van der Waals surface area contributed by atoms with Crippen LogP contribution < -0.4 is 10.6 Å². The van der Waals surface area contributed by atoms with Gasteiger partial charge in [-0.2, -0.15) is 0 Å². The Labute approximate surface area is 149 Å². The molecule has 0 aromatic heterocycles. The van der Waals surface area contributed by atoms with Crippen molar-refractivity contribution in [3.8, 4) is 0 Å². The van der Waals surface area contributed by atoms with Crippen molar-refractivity contribution in [3.05, 3.63) is 29.8 Å². The summed E-state index contributed by atoms with van der Waals surface area (Å²) in [5.41, 5.74) is 0.933. The Kier molecular flexibility index (Phi) is 5.42. The van der Waals surface area contributed by atoms with Gasteiger partial charge in [0.1, 0.15) is 0 Å². The molecule has 0 bridgehead atoms. The number of anilines is 1. The number of rotatable bonds is 6. The van der Waals surface area contributed by atoms with Gasteiger partial charge in [-0.25, -0.2) is 0 Å². The molecule has 0 spiro atoms. The van der Waals surface area contributed by atoms with E-state index in [1.165, 1.54) is 0 Å². The standard InChI is InChI=1S/C20H28N2O3/c1-14(21-18(23)13-20(25)11-3-2-4-12-20)15-7-9-17(10-8-15)22-19(24)16-5-6-16/h7-10,14,16,25H,2-6,11-13H2,1H3,(H,21,23)(H,22,24). The monoisotopic (exact) mass is 344 g/mol. The molecule has 1 aromatic rings. The van der Waals surface area contributed by atoms with Gasteiger partial charge in [0.15, 0.2) is 0 Å². The first kappa shape index (κ1) is 17.9. The van der Waals surface area contributed by atoms with Crippen LogP contribution in [-0.2, 0) is 9.59 Å². The van der Waals surface area contributed by atoms with E-state index in [2.05, 4.69) is 10.6 Å². The average molecular weight is 344 g/mol. The number of carbonyl (C=O) groups excluding carboxylic acids is 2. The zero-order valence-electron chi connectivity index (χ0n) is 14.9. The molecular formula is C20H28N2O3. The molecule has 2 aliphatic rings. The maximum atomic E-state index is 12.3. The van der Waals surface area contributed by atoms with Gasteiger partial charge in [-0.15, -0.1) is 0 Å². The first-order valence-corrected chi connectivity index (χ1v) is 9.38. The summed E-state index contributed by atoms with van der Waals surface area (Å²) in [5, 5.41) is 16.4. The zero-order chi connectivity index (χ0) is 17.9. The first-order valence-electron chi connectivity index (χ1n) is 9.38. The lowest BCUT2D eigenvalue weighted by Gasteiger charge is -2.31. The number of aliphatic hydroxyl groups is 1. The van der Waals surface area contributed by atoms with Crippen molar-refractivity contribution in [2.24, 2.45) is 5.92 Å². The van der Waals surface area contributed by atoms with Crippen LogP contribution in [0.2, 0.25) is 0 Å². The van der Waals surface area contributed by atoms with Crippen LogP contribution >= 0.6 is 0 Å². The number of hydrogen-bond acceptors (Lipinski definition) is 3. The molecule has 2 saturated carbocycles. The minimum Gasteiger partial charge on any atom is -0.389 e. The Morgan fingerprint density at radius 2 is 1.80 bits per heavy atom. The maximum absolute atomic E-state index is 12.3. The fourth-order valence-electron chi connectivity index (χ4n) is 3.51. The van der Waals surface area contributed by atoms with E-state index in [4.69, 9.17) is 0 Å². The topological polar surface area (TPSA) is 78.4 Å². The van der Waals surface area contributed by atoms with Crippen molar-refractivity contribution in [3.63, 3.8) is 0 Å². The second-order valence-corrected chi connectivity index (χ2v) is 7.64. The van der Waals surface area contributed by atoms with E-state index in [9.17, 15) is 14.7 Å². The minimum atomic E-state index is -0.834. The van der Waals surface area contributed by atoms with E-state index in [0.717, 1.165) is 43.4 Å². The van der Waals surface area contributed by atoms with Crippen LogP contribution in [0.5, 0.6) is 0 Å². The van der Waals surface area contributed by atoms with Gasteiger partial charge in [-0.3, -0.25) is 9.59 Å². The number of carbonyl (C=O) groups is 2. The third-order valence-corrected chi connectivity index (χ3v) is 5.28. The van der Waals surface area contributed by atoms with Crippen LogP contribution in [0.3, 0.4) is 0 Å². The highest BCUT2D eigenvalue weighted by molar-refractivity contribution is 5.94. The summed E-state index contributed by atoms with van der Waals surface area (Å²) in [7, 11) is 0. The fraction of sp³-hybridized carbons (Fsp3) is 0.600. The quantitative estimate of drug-likeness (QED) is 0.741. The van der Waals surface area contributed by atoms with Crippen molar-refractivity contribution in [2.45, 2.75) is 69.9 Å². The lowest BCUT2D eigenvalue weighted by Crippen LogP contribution is -2.39.